The van der Waals surface area contributed by atoms with Gasteiger partial charge < -0.3 is 10.7 Å². The number of imidazole rings is 1. The molecular weight excluding hydrogens is 294 g/mol. The van der Waals surface area contributed by atoms with Crippen LogP contribution < -0.4 is 5.73 Å². The number of nitrogen functional groups attached to an aromatic ring is 1. The highest BCUT2D eigenvalue weighted by molar-refractivity contribution is 7.65. The summed E-state index contributed by atoms with van der Waals surface area (Å²) >= 11 is 6.48. The molecule has 20 heavy (non-hydrogen) atoms. The van der Waals surface area contributed by atoms with Crippen LogP contribution >= 0.6 is 11.6 Å². The van der Waals surface area contributed by atoms with Crippen LogP contribution in [0.15, 0.2) is 36.4 Å². The number of fused-ring (bicyclic) bond motifs is 1. The summed E-state index contributed by atoms with van der Waals surface area (Å²) < 4.78 is 10.8. The van der Waals surface area contributed by atoms with E-state index in [1.807, 2.05) is 24.3 Å². The van der Waals surface area contributed by atoms with Crippen LogP contribution in [0.3, 0.4) is 0 Å². The van der Waals surface area contributed by atoms with Crippen LogP contribution in [0.5, 0.6) is 0 Å². The molecule has 4 nitrogen and oxygen atoms in total. The molecule has 0 unspecified atom stereocenters. The lowest BCUT2D eigenvalue weighted by molar-refractivity contribution is 0.701. The number of hydrogen-bond acceptors (Lipinski definition) is 3. The number of benzene rings is 2. The number of aromatic nitrogens is 2. The number of nitrogens with zero attached hydrogens (tertiary/aromatic N) is 1. The molecule has 1 heterocycles. The first-order chi connectivity index (χ1) is 9.70. The topological polar surface area (TPSA) is 71.8 Å². The van der Waals surface area contributed by atoms with Gasteiger partial charge in [0.25, 0.3) is 0 Å². The molecule has 100 valence electrons. The summed E-state index contributed by atoms with van der Waals surface area (Å²) in [5.41, 5.74) is 9.53. The lowest BCUT2D eigenvalue weighted by atomic mass is 10.1. The lowest BCUT2D eigenvalue weighted by Gasteiger charge is -2.08. The quantitative estimate of drug-likeness (QED) is 0.565. The van der Waals surface area contributed by atoms with Gasteiger partial charge in [-0.15, -0.1) is 0 Å². The number of H-pyrrole nitrogens is 1. The number of aromatic amines is 1. The van der Waals surface area contributed by atoms with Gasteiger partial charge in [0, 0.05) is 27.2 Å². The molecule has 0 amide bonds. The summed E-state index contributed by atoms with van der Waals surface area (Å²) in [5.74, 6) is 0.603. The Bertz CT molecular complexity index is 820. The van der Waals surface area contributed by atoms with E-state index >= 15 is 0 Å². The van der Waals surface area contributed by atoms with E-state index < -0.39 is 0 Å². The van der Waals surface area contributed by atoms with Crippen molar-refractivity contribution < 1.29 is 4.21 Å². The average molecular weight is 304 g/mol. The van der Waals surface area contributed by atoms with E-state index in [2.05, 4.69) is 9.97 Å². The Hall–Kier alpha value is -2.11. The van der Waals surface area contributed by atoms with E-state index in [0.29, 0.717) is 38.9 Å². The Morgan fingerprint density at radius 3 is 2.80 bits per heavy atom. The number of nitrogens with two attached hydrogens (primary N) is 1. The standard InChI is InChI=1S/C14H10ClN3OS/c15-9-5-6-10(16)13(8(9)7-20-19)14-17-11-3-1-2-4-12(11)18-14/h1-7H,16H2,(H,17,18). The highest BCUT2D eigenvalue weighted by atomic mass is 35.5. The largest absolute Gasteiger partial charge is 0.398 e. The van der Waals surface area contributed by atoms with Crippen molar-refractivity contribution in [3.8, 4) is 11.4 Å². The minimum Gasteiger partial charge on any atom is -0.398 e. The maximum Gasteiger partial charge on any atom is 0.141 e. The first-order valence-electron chi connectivity index (χ1n) is 5.85. The van der Waals surface area contributed by atoms with Crippen LogP contribution in [0.1, 0.15) is 5.56 Å². The van der Waals surface area contributed by atoms with Crippen molar-refractivity contribution >= 4 is 44.9 Å². The third kappa shape index (κ3) is 2.11. The fraction of sp³-hybridized carbons (Fsp3) is 0. The number of rotatable bonds is 2. The zero-order chi connectivity index (χ0) is 14.1. The molecule has 0 aliphatic carbocycles. The number of nitrogens with one attached hydrogen (secondary N) is 1. The molecule has 2 aromatic carbocycles. The van der Waals surface area contributed by atoms with Gasteiger partial charge in [-0.05, 0) is 24.3 Å². The lowest BCUT2D eigenvalue weighted by Crippen LogP contribution is -1.98. The smallest absolute Gasteiger partial charge is 0.141 e. The van der Waals surface area contributed by atoms with Gasteiger partial charge in [-0.2, -0.15) is 0 Å². The Labute approximate surface area is 123 Å². The molecule has 0 aliphatic rings. The third-order valence-electron chi connectivity index (χ3n) is 3.02. The maximum atomic E-state index is 10.8. The molecule has 3 aromatic rings. The normalized spacial score (nSPS) is 10.7. The fourth-order valence-corrected chi connectivity index (χ4v) is 2.73. The second-order valence-electron chi connectivity index (χ2n) is 4.24. The second-order valence-corrected chi connectivity index (χ2v) is 5.08. The summed E-state index contributed by atoms with van der Waals surface area (Å²) in [5, 5.41) is 1.90. The van der Waals surface area contributed by atoms with Crippen LogP contribution in [0.25, 0.3) is 22.4 Å². The van der Waals surface area contributed by atoms with Crippen LogP contribution in [0.4, 0.5) is 5.69 Å². The summed E-state index contributed by atoms with van der Waals surface area (Å²) in [6.45, 7) is 0. The summed E-state index contributed by atoms with van der Waals surface area (Å²) in [4.78, 5) is 7.70. The van der Waals surface area contributed by atoms with Crippen molar-refractivity contribution in [3.63, 3.8) is 0 Å². The molecule has 3 rings (SSSR count). The summed E-state index contributed by atoms with van der Waals surface area (Å²) in [7, 11) is 0. The van der Waals surface area contributed by atoms with E-state index in [1.54, 1.807) is 12.1 Å². The number of halogens is 1. The molecule has 0 bridgehead atoms. The van der Waals surface area contributed by atoms with Gasteiger partial charge in [-0.1, -0.05) is 23.7 Å². The van der Waals surface area contributed by atoms with Crippen molar-refractivity contribution in [1.82, 2.24) is 9.97 Å². The highest BCUT2D eigenvalue weighted by Gasteiger charge is 2.15. The van der Waals surface area contributed by atoms with E-state index in [0.717, 1.165) is 11.0 Å². The minimum atomic E-state index is 0.337. The zero-order valence-corrected chi connectivity index (χ0v) is 11.8. The first kappa shape index (κ1) is 12.9. The SMILES string of the molecule is Nc1ccc(Cl)c(C=S=O)c1-c1nc2ccccc2[nH]1. The van der Waals surface area contributed by atoms with Gasteiger partial charge in [-0.3, -0.25) is 0 Å². The van der Waals surface area contributed by atoms with Gasteiger partial charge >= 0.3 is 0 Å². The molecule has 0 fully saturated rings. The molecule has 1 aromatic heterocycles. The molecule has 0 radical (unpaired) electrons. The van der Waals surface area contributed by atoms with Crippen LogP contribution in [0, 0.1) is 0 Å². The van der Waals surface area contributed by atoms with Gasteiger partial charge in [0.15, 0.2) is 0 Å². The van der Waals surface area contributed by atoms with Crippen molar-refractivity contribution in [3.05, 3.63) is 47.0 Å². The predicted octanol–water partition coefficient (Wildman–Crippen LogP) is 2.83. The molecule has 3 N–H and O–H groups in total. The number of anilines is 1. The molecule has 6 heteroatoms. The highest BCUT2D eigenvalue weighted by Crippen LogP contribution is 2.32. The van der Waals surface area contributed by atoms with Crippen LogP contribution in [-0.2, 0) is 11.3 Å². The van der Waals surface area contributed by atoms with Crippen molar-refractivity contribution in [1.29, 1.82) is 0 Å². The molecule has 0 saturated carbocycles. The second kappa shape index (κ2) is 5.11. The van der Waals surface area contributed by atoms with Crippen molar-refractivity contribution in [2.75, 3.05) is 5.73 Å². The van der Waals surface area contributed by atoms with E-state index in [4.69, 9.17) is 17.3 Å². The van der Waals surface area contributed by atoms with Gasteiger partial charge in [0.1, 0.15) is 5.82 Å². The molecule has 0 aliphatic heterocycles. The van der Waals surface area contributed by atoms with Crippen molar-refractivity contribution in [2.24, 2.45) is 0 Å². The Kier molecular flexibility index (Phi) is 3.30. The predicted molar refractivity (Wildman–Crippen MR) is 84.3 cm³/mol. The molecule has 0 spiro atoms. The van der Waals surface area contributed by atoms with E-state index in [9.17, 15) is 4.21 Å². The number of hydrogen-bond donors (Lipinski definition) is 2. The van der Waals surface area contributed by atoms with E-state index in [-0.39, 0.29) is 0 Å². The zero-order valence-electron chi connectivity index (χ0n) is 10.3. The van der Waals surface area contributed by atoms with Gasteiger partial charge in [-0.25, -0.2) is 9.19 Å². The molecule has 0 saturated heterocycles. The average Bonchev–Trinajstić information content (AvgIpc) is 2.86. The number of para-hydroxylation sites is 2. The van der Waals surface area contributed by atoms with Gasteiger partial charge in [0.05, 0.1) is 22.3 Å². The summed E-state index contributed by atoms with van der Waals surface area (Å²) in [6.07, 6.45) is 0. The Morgan fingerprint density at radius 1 is 1.25 bits per heavy atom. The van der Waals surface area contributed by atoms with Gasteiger partial charge in [0.2, 0.25) is 0 Å². The summed E-state index contributed by atoms with van der Waals surface area (Å²) in [6, 6.07) is 11.0. The Morgan fingerprint density at radius 2 is 2.05 bits per heavy atom. The minimum absolute atomic E-state index is 0.337. The van der Waals surface area contributed by atoms with Crippen molar-refractivity contribution in [2.45, 2.75) is 0 Å². The third-order valence-corrected chi connectivity index (χ3v) is 3.68. The molecular formula is C14H10ClN3OS. The maximum absolute atomic E-state index is 10.8. The monoisotopic (exact) mass is 303 g/mol. The van der Waals surface area contributed by atoms with E-state index in [1.165, 1.54) is 5.37 Å². The molecule has 0 atom stereocenters. The Balaban J connectivity index is 2.33. The van der Waals surface area contributed by atoms with Crippen LogP contribution in [0.2, 0.25) is 5.02 Å². The van der Waals surface area contributed by atoms with Crippen LogP contribution in [-0.4, -0.2) is 19.5 Å². The first-order valence-corrected chi connectivity index (χ1v) is 7.04. The fourth-order valence-electron chi connectivity index (χ4n) is 2.11.